The van der Waals surface area contributed by atoms with Crippen molar-refractivity contribution < 1.29 is 4.79 Å². The topological polar surface area (TPSA) is 54.0 Å². The molecule has 1 heterocycles. The zero-order chi connectivity index (χ0) is 17.8. The molecule has 0 atom stereocenters. The quantitative estimate of drug-likeness (QED) is 0.618. The number of pyridine rings is 1. The van der Waals surface area contributed by atoms with Gasteiger partial charge in [0.05, 0.1) is 17.4 Å². The van der Waals surface area contributed by atoms with Crippen LogP contribution in [0.1, 0.15) is 15.9 Å². The van der Waals surface area contributed by atoms with Crippen LogP contribution in [0.25, 0.3) is 0 Å². The molecule has 0 aliphatic heterocycles. The normalized spacial score (nSPS) is 10.4. The Morgan fingerprint density at radius 1 is 0.960 bits per heavy atom. The predicted molar refractivity (Wildman–Crippen MR) is 103 cm³/mol. The van der Waals surface area contributed by atoms with Gasteiger partial charge in [-0.25, -0.2) is 0 Å². The first-order valence-corrected chi connectivity index (χ1v) is 8.32. The molecule has 1 aromatic heterocycles. The highest BCUT2D eigenvalue weighted by Crippen LogP contribution is 2.22. The Labute approximate surface area is 155 Å². The average Bonchev–Trinajstić information content (AvgIpc) is 2.58. The third-order valence-corrected chi connectivity index (χ3v) is 4.19. The molecule has 3 rings (SSSR count). The predicted octanol–water partition coefficient (Wildman–Crippen LogP) is 5.69. The minimum absolute atomic E-state index is 0.262. The number of hydrogen-bond donors (Lipinski definition) is 2. The Balaban J connectivity index is 1.76. The summed E-state index contributed by atoms with van der Waals surface area (Å²) in [5.74, 6) is -0.262. The molecule has 0 saturated heterocycles. The van der Waals surface area contributed by atoms with Crippen LogP contribution >= 0.6 is 23.2 Å². The number of halogens is 2. The van der Waals surface area contributed by atoms with E-state index in [1.54, 1.807) is 36.5 Å². The van der Waals surface area contributed by atoms with E-state index in [2.05, 4.69) is 15.6 Å². The second kappa shape index (κ2) is 7.55. The SMILES string of the molecule is Cc1ccc(NC(=O)c2cncc(Nc3cccc(Cl)c3)c2)cc1Cl. The third-order valence-electron chi connectivity index (χ3n) is 3.54. The molecule has 0 unspecified atom stereocenters. The second-order valence-electron chi connectivity index (χ2n) is 5.52. The molecule has 4 nitrogen and oxygen atoms in total. The lowest BCUT2D eigenvalue weighted by Gasteiger charge is -2.09. The summed E-state index contributed by atoms with van der Waals surface area (Å²) in [5, 5.41) is 7.22. The van der Waals surface area contributed by atoms with Gasteiger partial charge in [0, 0.05) is 27.6 Å². The van der Waals surface area contributed by atoms with Gasteiger partial charge < -0.3 is 10.6 Å². The molecule has 0 spiro atoms. The molecule has 0 aliphatic rings. The number of benzene rings is 2. The van der Waals surface area contributed by atoms with Crippen molar-refractivity contribution in [3.8, 4) is 0 Å². The smallest absolute Gasteiger partial charge is 0.257 e. The minimum atomic E-state index is -0.262. The van der Waals surface area contributed by atoms with Gasteiger partial charge in [0.1, 0.15) is 0 Å². The highest BCUT2D eigenvalue weighted by atomic mass is 35.5. The number of aromatic nitrogens is 1. The molecule has 2 aromatic carbocycles. The molecule has 0 radical (unpaired) electrons. The number of amides is 1. The van der Waals surface area contributed by atoms with Crippen LogP contribution in [0.4, 0.5) is 17.1 Å². The van der Waals surface area contributed by atoms with Crippen molar-refractivity contribution in [3.63, 3.8) is 0 Å². The molecule has 25 heavy (non-hydrogen) atoms. The second-order valence-corrected chi connectivity index (χ2v) is 6.36. The lowest BCUT2D eigenvalue weighted by Crippen LogP contribution is -2.12. The summed E-state index contributed by atoms with van der Waals surface area (Å²) < 4.78 is 0. The molecule has 126 valence electrons. The molecule has 0 bridgehead atoms. The fraction of sp³-hybridized carbons (Fsp3) is 0.0526. The summed E-state index contributed by atoms with van der Waals surface area (Å²) in [6.07, 6.45) is 3.15. The van der Waals surface area contributed by atoms with Gasteiger partial charge in [-0.2, -0.15) is 0 Å². The standard InChI is InChI=1S/C19H15Cl2N3O/c1-12-5-6-16(9-18(12)21)24-19(25)13-7-17(11-22-10-13)23-15-4-2-3-14(20)8-15/h2-11,23H,1H3,(H,24,25). The van der Waals surface area contributed by atoms with Crippen molar-refractivity contribution >= 4 is 46.2 Å². The third kappa shape index (κ3) is 4.50. The van der Waals surface area contributed by atoms with E-state index in [9.17, 15) is 4.79 Å². The van der Waals surface area contributed by atoms with Crippen molar-refractivity contribution in [1.29, 1.82) is 0 Å². The summed E-state index contributed by atoms with van der Waals surface area (Å²) in [6.45, 7) is 1.91. The summed E-state index contributed by atoms with van der Waals surface area (Å²) in [5.41, 5.74) is 3.53. The van der Waals surface area contributed by atoms with Gasteiger partial charge in [-0.1, -0.05) is 35.3 Å². The lowest BCUT2D eigenvalue weighted by atomic mass is 10.2. The van der Waals surface area contributed by atoms with Crippen LogP contribution in [-0.2, 0) is 0 Å². The van der Waals surface area contributed by atoms with Crippen LogP contribution in [0.15, 0.2) is 60.9 Å². The number of hydrogen-bond acceptors (Lipinski definition) is 3. The number of aryl methyl sites for hydroxylation is 1. The Morgan fingerprint density at radius 2 is 1.80 bits per heavy atom. The molecule has 1 amide bonds. The van der Waals surface area contributed by atoms with Crippen LogP contribution in [0.5, 0.6) is 0 Å². The monoisotopic (exact) mass is 371 g/mol. The Kier molecular flexibility index (Phi) is 5.22. The van der Waals surface area contributed by atoms with E-state index in [1.807, 2.05) is 25.1 Å². The maximum absolute atomic E-state index is 12.4. The molecular weight excluding hydrogens is 357 g/mol. The average molecular weight is 372 g/mol. The molecular formula is C19H15Cl2N3O. The summed E-state index contributed by atoms with van der Waals surface area (Å²) in [6, 6.07) is 14.4. The first kappa shape index (κ1) is 17.3. The van der Waals surface area contributed by atoms with Gasteiger partial charge >= 0.3 is 0 Å². The van der Waals surface area contributed by atoms with E-state index < -0.39 is 0 Å². The van der Waals surface area contributed by atoms with E-state index in [0.717, 1.165) is 11.3 Å². The molecule has 3 aromatic rings. The number of nitrogens with one attached hydrogen (secondary N) is 2. The molecule has 0 saturated carbocycles. The Morgan fingerprint density at radius 3 is 2.56 bits per heavy atom. The van der Waals surface area contributed by atoms with Crippen LogP contribution in [0.2, 0.25) is 10.0 Å². The number of rotatable bonds is 4. The fourth-order valence-corrected chi connectivity index (χ4v) is 2.61. The van der Waals surface area contributed by atoms with Crippen molar-refractivity contribution in [2.75, 3.05) is 10.6 Å². The first-order valence-electron chi connectivity index (χ1n) is 7.56. The first-order chi connectivity index (χ1) is 12.0. The summed E-state index contributed by atoms with van der Waals surface area (Å²) >= 11 is 12.1. The number of carbonyl (C=O) groups is 1. The van der Waals surface area contributed by atoms with Crippen LogP contribution in [0, 0.1) is 6.92 Å². The zero-order valence-corrected chi connectivity index (χ0v) is 14.9. The van der Waals surface area contributed by atoms with Gasteiger partial charge in [-0.15, -0.1) is 0 Å². The van der Waals surface area contributed by atoms with E-state index in [1.165, 1.54) is 6.20 Å². The maximum atomic E-state index is 12.4. The lowest BCUT2D eigenvalue weighted by molar-refractivity contribution is 0.102. The molecule has 0 fully saturated rings. The summed E-state index contributed by atoms with van der Waals surface area (Å²) in [7, 11) is 0. The van der Waals surface area contributed by atoms with Gasteiger partial charge in [-0.3, -0.25) is 9.78 Å². The number of anilines is 3. The molecule has 2 N–H and O–H groups in total. The van der Waals surface area contributed by atoms with Crippen molar-refractivity contribution in [2.24, 2.45) is 0 Å². The van der Waals surface area contributed by atoms with Crippen LogP contribution in [0.3, 0.4) is 0 Å². The van der Waals surface area contributed by atoms with Gasteiger partial charge in [0.2, 0.25) is 0 Å². The molecule has 6 heteroatoms. The van der Waals surface area contributed by atoms with Crippen molar-refractivity contribution in [2.45, 2.75) is 6.92 Å². The fourth-order valence-electron chi connectivity index (χ4n) is 2.24. The van der Waals surface area contributed by atoms with Crippen LogP contribution in [-0.4, -0.2) is 10.9 Å². The maximum Gasteiger partial charge on any atom is 0.257 e. The van der Waals surface area contributed by atoms with Gasteiger partial charge in [0.25, 0.3) is 5.91 Å². The van der Waals surface area contributed by atoms with E-state index in [0.29, 0.717) is 27.0 Å². The summed E-state index contributed by atoms with van der Waals surface area (Å²) in [4.78, 5) is 16.5. The molecule has 0 aliphatic carbocycles. The largest absolute Gasteiger partial charge is 0.354 e. The van der Waals surface area contributed by atoms with Crippen molar-refractivity contribution in [3.05, 3.63) is 82.1 Å². The number of carbonyl (C=O) groups excluding carboxylic acids is 1. The van der Waals surface area contributed by atoms with Gasteiger partial charge in [-0.05, 0) is 48.9 Å². The highest BCUT2D eigenvalue weighted by Gasteiger charge is 2.09. The minimum Gasteiger partial charge on any atom is -0.354 e. The van der Waals surface area contributed by atoms with E-state index in [-0.39, 0.29) is 5.91 Å². The Hall–Kier alpha value is -2.56. The van der Waals surface area contributed by atoms with Gasteiger partial charge in [0.15, 0.2) is 0 Å². The van der Waals surface area contributed by atoms with E-state index >= 15 is 0 Å². The Bertz CT molecular complexity index is 928. The zero-order valence-electron chi connectivity index (χ0n) is 13.4. The van der Waals surface area contributed by atoms with Crippen LogP contribution < -0.4 is 10.6 Å². The number of nitrogens with zero attached hydrogens (tertiary/aromatic N) is 1. The van der Waals surface area contributed by atoms with Crippen molar-refractivity contribution in [1.82, 2.24) is 4.98 Å². The highest BCUT2D eigenvalue weighted by molar-refractivity contribution is 6.31. The van der Waals surface area contributed by atoms with E-state index in [4.69, 9.17) is 23.2 Å².